The van der Waals surface area contributed by atoms with Crippen molar-refractivity contribution in [2.75, 3.05) is 0 Å². The van der Waals surface area contributed by atoms with Crippen molar-refractivity contribution in [3.8, 4) is 0 Å². The van der Waals surface area contributed by atoms with E-state index in [0.717, 1.165) is 10.0 Å². The molecule has 3 heteroatoms. The average molecular weight is 281 g/mol. The van der Waals surface area contributed by atoms with Gasteiger partial charge in [0.05, 0.1) is 0 Å². The van der Waals surface area contributed by atoms with E-state index < -0.39 is 0 Å². The summed E-state index contributed by atoms with van der Waals surface area (Å²) in [5.74, 6) is 0.200. The van der Waals surface area contributed by atoms with Gasteiger partial charge in [-0.15, -0.1) is 0 Å². The molecule has 1 aromatic carbocycles. The van der Waals surface area contributed by atoms with Crippen LogP contribution in [0.1, 0.15) is 35.2 Å². The Bertz CT molecular complexity index is 451. The van der Waals surface area contributed by atoms with Gasteiger partial charge in [-0.1, -0.05) is 22.0 Å². The Morgan fingerprint density at radius 3 is 2.75 bits per heavy atom. The summed E-state index contributed by atoms with van der Waals surface area (Å²) in [4.78, 5) is 23.3. The molecule has 2 nitrogen and oxygen atoms in total. The van der Waals surface area contributed by atoms with E-state index in [1.807, 2.05) is 25.1 Å². The van der Waals surface area contributed by atoms with E-state index in [1.54, 1.807) is 0 Å². The van der Waals surface area contributed by atoms with Crippen molar-refractivity contribution in [1.29, 1.82) is 0 Å². The summed E-state index contributed by atoms with van der Waals surface area (Å²) in [7, 11) is 0. The maximum Gasteiger partial charge on any atom is 0.167 e. The van der Waals surface area contributed by atoms with Crippen molar-refractivity contribution in [2.24, 2.45) is 5.92 Å². The summed E-state index contributed by atoms with van der Waals surface area (Å²) in [6, 6.07) is 5.70. The number of carbonyl (C=O) groups excluding carboxylic acids is 2. The monoisotopic (exact) mass is 280 g/mol. The van der Waals surface area contributed by atoms with Crippen molar-refractivity contribution in [3.63, 3.8) is 0 Å². The van der Waals surface area contributed by atoms with Gasteiger partial charge >= 0.3 is 0 Å². The highest BCUT2D eigenvalue weighted by Gasteiger charge is 2.29. The van der Waals surface area contributed by atoms with Crippen LogP contribution in [-0.4, -0.2) is 11.6 Å². The average Bonchev–Trinajstić information content (AvgIpc) is 2.64. The SMILES string of the molecule is Cc1ccc(C(=O)C2CCC(=O)C2)c(Br)c1. The number of benzene rings is 1. The van der Waals surface area contributed by atoms with Gasteiger partial charge in [-0.2, -0.15) is 0 Å². The summed E-state index contributed by atoms with van der Waals surface area (Å²) in [5.41, 5.74) is 1.82. The van der Waals surface area contributed by atoms with E-state index in [4.69, 9.17) is 0 Å². The van der Waals surface area contributed by atoms with E-state index >= 15 is 0 Å². The Hall–Kier alpha value is -0.960. The molecule has 0 bridgehead atoms. The van der Waals surface area contributed by atoms with Crippen LogP contribution in [0, 0.1) is 12.8 Å². The zero-order chi connectivity index (χ0) is 11.7. The molecule has 84 valence electrons. The van der Waals surface area contributed by atoms with Crippen LogP contribution in [0.2, 0.25) is 0 Å². The molecule has 16 heavy (non-hydrogen) atoms. The molecule has 1 unspecified atom stereocenters. The zero-order valence-corrected chi connectivity index (χ0v) is 10.7. The van der Waals surface area contributed by atoms with Gasteiger partial charge in [0, 0.05) is 28.8 Å². The lowest BCUT2D eigenvalue weighted by molar-refractivity contribution is -0.117. The predicted molar refractivity (Wildman–Crippen MR) is 65.6 cm³/mol. The number of hydrogen-bond acceptors (Lipinski definition) is 2. The molecule has 2 rings (SSSR count). The van der Waals surface area contributed by atoms with E-state index in [-0.39, 0.29) is 17.5 Å². The molecule has 1 aliphatic rings. The third kappa shape index (κ3) is 2.24. The summed E-state index contributed by atoms with van der Waals surface area (Å²) in [5, 5.41) is 0. The molecule has 0 N–H and O–H groups in total. The first kappa shape index (κ1) is 11.5. The largest absolute Gasteiger partial charge is 0.300 e. The number of ketones is 2. The molecule has 1 atom stereocenters. The maximum absolute atomic E-state index is 12.1. The topological polar surface area (TPSA) is 34.1 Å². The number of halogens is 1. The normalized spacial score (nSPS) is 20.1. The highest BCUT2D eigenvalue weighted by atomic mass is 79.9. The number of carbonyl (C=O) groups is 2. The summed E-state index contributed by atoms with van der Waals surface area (Å²) < 4.78 is 0.830. The molecule has 0 radical (unpaired) electrons. The molecule has 0 spiro atoms. The van der Waals surface area contributed by atoms with Gasteiger partial charge < -0.3 is 0 Å². The summed E-state index contributed by atoms with van der Waals surface area (Å²) in [6.45, 7) is 1.98. The summed E-state index contributed by atoms with van der Waals surface area (Å²) in [6.07, 6.45) is 1.68. The van der Waals surface area contributed by atoms with E-state index in [2.05, 4.69) is 15.9 Å². The van der Waals surface area contributed by atoms with E-state index in [9.17, 15) is 9.59 Å². The molecular formula is C13H13BrO2. The third-order valence-corrected chi connectivity index (χ3v) is 3.66. The number of rotatable bonds is 2. The van der Waals surface area contributed by atoms with Crippen LogP contribution in [0.15, 0.2) is 22.7 Å². The van der Waals surface area contributed by atoms with Crippen molar-refractivity contribution >= 4 is 27.5 Å². The van der Waals surface area contributed by atoms with Crippen LogP contribution >= 0.6 is 15.9 Å². The first-order chi connectivity index (χ1) is 7.58. The van der Waals surface area contributed by atoms with Crippen molar-refractivity contribution in [1.82, 2.24) is 0 Å². The Balaban J connectivity index is 2.24. The fourth-order valence-corrected chi connectivity index (χ4v) is 2.77. The first-order valence-electron chi connectivity index (χ1n) is 5.40. The first-order valence-corrected chi connectivity index (χ1v) is 6.19. The lowest BCUT2D eigenvalue weighted by Crippen LogP contribution is -2.12. The van der Waals surface area contributed by atoms with Crippen LogP contribution in [0.4, 0.5) is 0 Å². The van der Waals surface area contributed by atoms with Gasteiger partial charge in [0.1, 0.15) is 5.78 Å². The second-order valence-corrected chi connectivity index (χ2v) is 5.18. The van der Waals surface area contributed by atoms with Crippen LogP contribution in [0.3, 0.4) is 0 Å². The Labute approximate surface area is 103 Å². The quantitative estimate of drug-likeness (QED) is 0.779. The van der Waals surface area contributed by atoms with Gasteiger partial charge in [0.2, 0.25) is 0 Å². The van der Waals surface area contributed by atoms with E-state index in [1.165, 1.54) is 0 Å². The molecular weight excluding hydrogens is 268 g/mol. The summed E-state index contributed by atoms with van der Waals surface area (Å²) >= 11 is 3.40. The van der Waals surface area contributed by atoms with Crippen molar-refractivity contribution < 1.29 is 9.59 Å². The van der Waals surface area contributed by atoms with Crippen LogP contribution in [-0.2, 0) is 4.79 Å². The van der Waals surface area contributed by atoms with E-state index in [0.29, 0.717) is 24.8 Å². The van der Waals surface area contributed by atoms with Crippen LogP contribution in [0.5, 0.6) is 0 Å². The minimum Gasteiger partial charge on any atom is -0.300 e. The Kier molecular flexibility index (Phi) is 3.24. The van der Waals surface area contributed by atoms with Crippen LogP contribution in [0.25, 0.3) is 0 Å². The van der Waals surface area contributed by atoms with Gasteiger partial charge in [-0.25, -0.2) is 0 Å². The second kappa shape index (κ2) is 4.50. The minimum atomic E-state index is -0.105. The molecule has 1 saturated carbocycles. The molecule has 1 fully saturated rings. The third-order valence-electron chi connectivity index (χ3n) is 3.01. The zero-order valence-electron chi connectivity index (χ0n) is 9.13. The molecule has 0 amide bonds. The standard InChI is InChI=1S/C13H13BrO2/c1-8-2-5-11(12(14)6-8)13(16)9-3-4-10(15)7-9/h2,5-6,9H,3-4,7H2,1H3. The van der Waals surface area contributed by atoms with Gasteiger partial charge in [0.15, 0.2) is 5.78 Å². The molecule has 0 aliphatic heterocycles. The molecule has 1 aromatic rings. The van der Waals surface area contributed by atoms with Gasteiger partial charge in [-0.3, -0.25) is 9.59 Å². The molecule has 0 aromatic heterocycles. The number of Topliss-reactive ketones (excluding diaryl/α,β-unsaturated/α-hetero) is 2. The van der Waals surface area contributed by atoms with Gasteiger partial charge in [0.25, 0.3) is 0 Å². The lowest BCUT2D eigenvalue weighted by atomic mass is 9.96. The van der Waals surface area contributed by atoms with Gasteiger partial charge in [-0.05, 0) is 31.0 Å². The van der Waals surface area contributed by atoms with Crippen LogP contribution < -0.4 is 0 Å². The van der Waals surface area contributed by atoms with Crippen molar-refractivity contribution in [2.45, 2.75) is 26.2 Å². The predicted octanol–water partition coefficient (Wildman–Crippen LogP) is 3.31. The minimum absolute atomic E-state index is 0.0951. The molecule has 0 saturated heterocycles. The Morgan fingerprint density at radius 2 is 2.19 bits per heavy atom. The van der Waals surface area contributed by atoms with Crippen molar-refractivity contribution in [3.05, 3.63) is 33.8 Å². The number of hydrogen-bond donors (Lipinski definition) is 0. The fourth-order valence-electron chi connectivity index (χ4n) is 2.08. The smallest absolute Gasteiger partial charge is 0.167 e. The maximum atomic E-state index is 12.1. The fraction of sp³-hybridized carbons (Fsp3) is 0.385. The highest BCUT2D eigenvalue weighted by Crippen LogP contribution is 2.29. The number of aryl methyl sites for hydroxylation is 1. The second-order valence-electron chi connectivity index (χ2n) is 4.33. The lowest BCUT2D eigenvalue weighted by Gasteiger charge is -2.09. The molecule has 0 heterocycles. The Morgan fingerprint density at radius 1 is 1.44 bits per heavy atom. The molecule has 1 aliphatic carbocycles. The highest BCUT2D eigenvalue weighted by molar-refractivity contribution is 9.10.